The number of guanidine groups is 1. The molecule has 1 aliphatic carbocycles. The first-order valence-corrected chi connectivity index (χ1v) is 9.83. The van der Waals surface area contributed by atoms with Gasteiger partial charge in [-0.2, -0.15) is 0 Å². The van der Waals surface area contributed by atoms with E-state index in [0.29, 0.717) is 11.5 Å². The van der Waals surface area contributed by atoms with E-state index in [2.05, 4.69) is 38.3 Å². The maximum Gasteiger partial charge on any atom is 0.191 e. The number of ether oxygens (including phenoxy) is 2. The Labute approximate surface area is 172 Å². The highest BCUT2D eigenvalue weighted by atomic mass is 127. The molecule has 0 amide bonds. The van der Waals surface area contributed by atoms with E-state index in [1.54, 1.807) is 0 Å². The molecule has 1 rings (SSSR count). The SMILES string of the molecule is CCNC(=NCC1(CCOCC)CCCC1)NCCCOC(C)C.I. The first-order valence-electron chi connectivity index (χ1n) is 9.83. The van der Waals surface area contributed by atoms with Crippen LogP contribution >= 0.6 is 24.0 Å². The van der Waals surface area contributed by atoms with Crippen LogP contribution in [0.4, 0.5) is 0 Å². The molecule has 25 heavy (non-hydrogen) atoms. The molecule has 6 heteroatoms. The van der Waals surface area contributed by atoms with Crippen LogP contribution < -0.4 is 10.6 Å². The topological polar surface area (TPSA) is 54.9 Å². The number of nitrogens with one attached hydrogen (secondary N) is 2. The third kappa shape index (κ3) is 11.3. The van der Waals surface area contributed by atoms with Gasteiger partial charge in [0.1, 0.15) is 0 Å². The normalized spacial score (nSPS) is 16.8. The molecule has 2 N–H and O–H groups in total. The van der Waals surface area contributed by atoms with Crippen molar-refractivity contribution in [1.29, 1.82) is 0 Å². The van der Waals surface area contributed by atoms with Crippen LogP contribution in [0.15, 0.2) is 4.99 Å². The van der Waals surface area contributed by atoms with Crippen LogP contribution in [0, 0.1) is 5.41 Å². The van der Waals surface area contributed by atoms with E-state index >= 15 is 0 Å². The van der Waals surface area contributed by atoms with Crippen LogP contribution in [0.3, 0.4) is 0 Å². The van der Waals surface area contributed by atoms with Crippen molar-refractivity contribution in [1.82, 2.24) is 10.6 Å². The summed E-state index contributed by atoms with van der Waals surface area (Å²) < 4.78 is 11.2. The van der Waals surface area contributed by atoms with Crippen LogP contribution in [-0.4, -0.2) is 51.5 Å². The van der Waals surface area contributed by atoms with Crippen LogP contribution in [0.25, 0.3) is 0 Å². The van der Waals surface area contributed by atoms with Crippen LogP contribution in [-0.2, 0) is 9.47 Å². The van der Waals surface area contributed by atoms with Gasteiger partial charge in [-0.25, -0.2) is 0 Å². The summed E-state index contributed by atoms with van der Waals surface area (Å²) in [6, 6.07) is 0. The van der Waals surface area contributed by atoms with Crippen molar-refractivity contribution >= 4 is 29.9 Å². The third-order valence-corrected chi connectivity index (χ3v) is 4.63. The van der Waals surface area contributed by atoms with Crippen molar-refractivity contribution in [2.24, 2.45) is 10.4 Å². The minimum absolute atomic E-state index is 0. The average Bonchev–Trinajstić information content (AvgIpc) is 3.01. The molecule has 150 valence electrons. The van der Waals surface area contributed by atoms with Gasteiger partial charge in [0.15, 0.2) is 5.96 Å². The van der Waals surface area contributed by atoms with Crippen molar-refractivity contribution in [2.75, 3.05) is 39.5 Å². The molecule has 0 aromatic carbocycles. The standard InChI is InChI=1S/C19H39N3O2.HI/c1-5-20-18(21-13-9-14-24-17(3)4)22-16-19(10-7-8-11-19)12-15-23-6-2;/h17H,5-16H2,1-4H3,(H2,20,21,22);1H. The Bertz CT molecular complexity index is 346. The second kappa shape index (κ2) is 15.0. The minimum Gasteiger partial charge on any atom is -0.382 e. The molecule has 0 unspecified atom stereocenters. The molecule has 5 nitrogen and oxygen atoms in total. The lowest BCUT2D eigenvalue weighted by molar-refractivity contribution is 0.0776. The number of nitrogens with zero attached hydrogens (tertiary/aromatic N) is 1. The number of halogens is 1. The van der Waals surface area contributed by atoms with Crippen molar-refractivity contribution < 1.29 is 9.47 Å². The fourth-order valence-electron chi connectivity index (χ4n) is 3.23. The lowest BCUT2D eigenvalue weighted by atomic mass is 9.83. The van der Waals surface area contributed by atoms with E-state index in [1.807, 2.05) is 0 Å². The van der Waals surface area contributed by atoms with Gasteiger partial charge in [-0.3, -0.25) is 4.99 Å². The van der Waals surface area contributed by atoms with Gasteiger partial charge in [0.25, 0.3) is 0 Å². The molecule has 0 aromatic heterocycles. The van der Waals surface area contributed by atoms with Gasteiger partial charge >= 0.3 is 0 Å². The quantitative estimate of drug-likeness (QED) is 0.197. The Balaban J connectivity index is 0.00000576. The summed E-state index contributed by atoms with van der Waals surface area (Å²) in [6.07, 6.45) is 7.66. The zero-order chi connectivity index (χ0) is 17.7. The molecule has 0 atom stereocenters. The Morgan fingerprint density at radius 2 is 1.84 bits per heavy atom. The molecule has 0 aliphatic heterocycles. The lowest BCUT2D eigenvalue weighted by Gasteiger charge is -2.27. The Morgan fingerprint density at radius 1 is 1.12 bits per heavy atom. The van der Waals surface area contributed by atoms with E-state index in [4.69, 9.17) is 14.5 Å². The number of hydrogen-bond donors (Lipinski definition) is 2. The predicted molar refractivity (Wildman–Crippen MR) is 117 cm³/mol. The average molecular weight is 469 g/mol. The zero-order valence-corrected chi connectivity index (χ0v) is 19.1. The first-order chi connectivity index (χ1) is 11.6. The van der Waals surface area contributed by atoms with Crippen LogP contribution in [0.1, 0.15) is 66.2 Å². The van der Waals surface area contributed by atoms with Gasteiger partial charge in [0.2, 0.25) is 0 Å². The molecule has 0 spiro atoms. The number of rotatable bonds is 12. The molecule has 1 fully saturated rings. The predicted octanol–water partition coefficient (Wildman–Crippen LogP) is 3.96. The second-order valence-corrected chi connectivity index (χ2v) is 7.05. The molecular weight excluding hydrogens is 429 g/mol. The summed E-state index contributed by atoms with van der Waals surface area (Å²) in [6.45, 7) is 13.5. The van der Waals surface area contributed by atoms with Gasteiger partial charge in [-0.15, -0.1) is 24.0 Å². The molecule has 0 saturated heterocycles. The van der Waals surface area contributed by atoms with E-state index in [-0.39, 0.29) is 24.0 Å². The molecule has 0 heterocycles. The number of hydrogen-bond acceptors (Lipinski definition) is 3. The minimum atomic E-state index is 0. The van der Waals surface area contributed by atoms with Crippen LogP contribution in [0.2, 0.25) is 0 Å². The summed E-state index contributed by atoms with van der Waals surface area (Å²) in [5.74, 6) is 0.935. The highest BCUT2D eigenvalue weighted by molar-refractivity contribution is 14.0. The summed E-state index contributed by atoms with van der Waals surface area (Å²) in [4.78, 5) is 4.88. The third-order valence-electron chi connectivity index (χ3n) is 4.63. The fraction of sp³-hybridized carbons (Fsp3) is 0.947. The molecular formula is C19H40IN3O2. The second-order valence-electron chi connectivity index (χ2n) is 7.05. The highest BCUT2D eigenvalue weighted by Gasteiger charge is 2.33. The van der Waals surface area contributed by atoms with Crippen molar-refractivity contribution in [3.8, 4) is 0 Å². The number of aliphatic imine (C=N–C) groups is 1. The van der Waals surface area contributed by atoms with Gasteiger partial charge in [0, 0.05) is 39.5 Å². The van der Waals surface area contributed by atoms with E-state index in [1.165, 1.54) is 25.7 Å². The molecule has 1 aliphatic rings. The van der Waals surface area contributed by atoms with Crippen LogP contribution in [0.5, 0.6) is 0 Å². The summed E-state index contributed by atoms with van der Waals surface area (Å²) in [7, 11) is 0. The monoisotopic (exact) mass is 469 g/mol. The molecule has 0 bridgehead atoms. The highest BCUT2D eigenvalue weighted by Crippen LogP contribution is 2.41. The maximum absolute atomic E-state index is 5.59. The van der Waals surface area contributed by atoms with E-state index in [9.17, 15) is 0 Å². The van der Waals surface area contributed by atoms with Gasteiger partial charge < -0.3 is 20.1 Å². The first kappa shape index (κ1) is 24.9. The smallest absolute Gasteiger partial charge is 0.191 e. The Kier molecular flexibility index (Phi) is 15.0. The summed E-state index contributed by atoms with van der Waals surface area (Å²) in [5, 5.41) is 6.79. The molecule has 1 saturated carbocycles. The van der Waals surface area contributed by atoms with E-state index < -0.39 is 0 Å². The van der Waals surface area contributed by atoms with Gasteiger partial charge in [0.05, 0.1) is 6.10 Å². The molecule has 0 aromatic rings. The Morgan fingerprint density at radius 3 is 2.44 bits per heavy atom. The fourth-order valence-corrected chi connectivity index (χ4v) is 3.23. The van der Waals surface area contributed by atoms with Crippen molar-refractivity contribution in [2.45, 2.75) is 72.3 Å². The van der Waals surface area contributed by atoms with Crippen molar-refractivity contribution in [3.63, 3.8) is 0 Å². The summed E-state index contributed by atoms with van der Waals surface area (Å²) >= 11 is 0. The van der Waals surface area contributed by atoms with E-state index in [0.717, 1.165) is 58.3 Å². The summed E-state index contributed by atoms with van der Waals surface area (Å²) in [5.41, 5.74) is 0.346. The molecule has 0 radical (unpaired) electrons. The van der Waals surface area contributed by atoms with Crippen molar-refractivity contribution in [3.05, 3.63) is 0 Å². The lowest BCUT2D eigenvalue weighted by Crippen LogP contribution is -2.39. The zero-order valence-electron chi connectivity index (χ0n) is 16.7. The van der Waals surface area contributed by atoms with Gasteiger partial charge in [-0.05, 0) is 58.8 Å². The maximum atomic E-state index is 5.59. The Hall–Kier alpha value is -0.0800. The largest absolute Gasteiger partial charge is 0.382 e. The van der Waals surface area contributed by atoms with Gasteiger partial charge in [-0.1, -0.05) is 12.8 Å².